The summed E-state index contributed by atoms with van der Waals surface area (Å²) in [7, 11) is 0. The highest BCUT2D eigenvalue weighted by Gasteiger charge is 2.06. The third kappa shape index (κ3) is 1.17. The lowest BCUT2D eigenvalue weighted by Gasteiger charge is -1.86. The summed E-state index contributed by atoms with van der Waals surface area (Å²) in [5.41, 5.74) is 0. The van der Waals surface area contributed by atoms with Gasteiger partial charge in [0.25, 0.3) is 0 Å². The molecule has 2 nitrogen and oxygen atoms in total. The molecule has 0 unspecified atom stereocenters. The Morgan fingerprint density at radius 2 is 2.00 bits per heavy atom. The minimum atomic E-state index is 0.586. The summed E-state index contributed by atoms with van der Waals surface area (Å²) in [5, 5.41) is 2.01. The molecule has 0 saturated heterocycles. The van der Waals surface area contributed by atoms with Crippen LogP contribution in [-0.4, -0.2) is 5.94 Å². The molecule has 64 valence electrons. The van der Waals surface area contributed by atoms with Gasteiger partial charge in [0.1, 0.15) is 17.5 Å². The van der Waals surface area contributed by atoms with E-state index < -0.39 is 0 Å². The normalized spacial score (nSPS) is 9.92. The van der Waals surface area contributed by atoms with Crippen molar-refractivity contribution in [3.05, 3.63) is 35.8 Å². The molecule has 0 radical (unpaired) electrons. The van der Waals surface area contributed by atoms with Crippen LogP contribution >= 0.6 is 0 Å². The summed E-state index contributed by atoms with van der Waals surface area (Å²) in [5.74, 6) is 3.14. The van der Waals surface area contributed by atoms with E-state index in [-0.39, 0.29) is 0 Å². The van der Waals surface area contributed by atoms with E-state index in [1.54, 1.807) is 5.94 Å². The molecule has 0 aliphatic heterocycles. The zero-order valence-electron chi connectivity index (χ0n) is 7.20. The smallest absolute Gasteiger partial charge is 0.145 e. The fraction of sp³-hybridized carbons (Fsp3) is 0.0909. The third-order valence-electron chi connectivity index (χ3n) is 2.02. The molecule has 0 N–H and O–H groups in total. The SMILES string of the molecule is Cc1oc(C=C=O)c2ccccc12. The number of carbonyl (C=O) groups excluding carboxylic acids is 1. The van der Waals surface area contributed by atoms with Gasteiger partial charge in [0, 0.05) is 10.8 Å². The topological polar surface area (TPSA) is 30.2 Å². The molecule has 0 fully saturated rings. The van der Waals surface area contributed by atoms with Crippen LogP contribution in [0.5, 0.6) is 0 Å². The quantitative estimate of drug-likeness (QED) is 0.619. The van der Waals surface area contributed by atoms with Crippen LogP contribution in [-0.2, 0) is 4.79 Å². The van der Waals surface area contributed by atoms with E-state index in [1.807, 2.05) is 31.2 Å². The van der Waals surface area contributed by atoms with Gasteiger partial charge in [0.2, 0.25) is 0 Å². The van der Waals surface area contributed by atoms with Crippen molar-refractivity contribution in [2.24, 2.45) is 0 Å². The molecular formula is C11H8O2. The largest absolute Gasteiger partial charge is 0.460 e. The number of rotatable bonds is 1. The van der Waals surface area contributed by atoms with Crippen LogP contribution in [0, 0.1) is 6.92 Å². The molecule has 0 atom stereocenters. The van der Waals surface area contributed by atoms with Gasteiger partial charge in [0.15, 0.2) is 0 Å². The highest BCUT2D eigenvalue weighted by molar-refractivity contribution is 5.94. The number of aryl methyl sites for hydroxylation is 1. The van der Waals surface area contributed by atoms with Crippen molar-refractivity contribution >= 4 is 22.8 Å². The lowest BCUT2D eigenvalue weighted by molar-refractivity contribution is 0.529. The monoisotopic (exact) mass is 172 g/mol. The van der Waals surface area contributed by atoms with Crippen molar-refractivity contribution in [1.82, 2.24) is 0 Å². The zero-order valence-corrected chi connectivity index (χ0v) is 7.20. The Kier molecular flexibility index (Phi) is 1.76. The molecule has 0 spiro atoms. The van der Waals surface area contributed by atoms with Gasteiger partial charge >= 0.3 is 0 Å². The Balaban J connectivity index is 2.85. The van der Waals surface area contributed by atoms with Crippen molar-refractivity contribution in [2.45, 2.75) is 6.92 Å². The average molecular weight is 172 g/mol. The Bertz CT molecular complexity index is 488. The highest BCUT2D eigenvalue weighted by atomic mass is 16.3. The van der Waals surface area contributed by atoms with Gasteiger partial charge in [-0.15, -0.1) is 0 Å². The molecule has 0 aliphatic rings. The lowest BCUT2D eigenvalue weighted by Crippen LogP contribution is -1.67. The number of hydrogen-bond acceptors (Lipinski definition) is 2. The summed E-state index contributed by atoms with van der Waals surface area (Å²) in [4.78, 5) is 10.2. The van der Waals surface area contributed by atoms with E-state index in [2.05, 4.69) is 0 Å². The molecule has 2 aromatic rings. The molecule has 1 heterocycles. The maximum atomic E-state index is 10.2. The van der Waals surface area contributed by atoms with E-state index in [0.29, 0.717) is 5.76 Å². The molecule has 2 heteroatoms. The summed E-state index contributed by atoms with van der Waals surface area (Å²) in [6.45, 7) is 1.88. The van der Waals surface area contributed by atoms with Crippen molar-refractivity contribution < 1.29 is 9.21 Å². The minimum absolute atomic E-state index is 0.586. The van der Waals surface area contributed by atoms with Gasteiger partial charge < -0.3 is 4.42 Å². The summed E-state index contributed by atoms with van der Waals surface area (Å²) >= 11 is 0. The number of furan rings is 1. The van der Waals surface area contributed by atoms with Crippen LogP contribution in [0.2, 0.25) is 0 Å². The van der Waals surface area contributed by atoms with Crippen molar-refractivity contribution in [1.29, 1.82) is 0 Å². The van der Waals surface area contributed by atoms with Gasteiger partial charge in [-0.3, -0.25) is 0 Å². The predicted octanol–water partition coefficient (Wildman–Crippen LogP) is 2.59. The predicted molar refractivity (Wildman–Crippen MR) is 51.1 cm³/mol. The average Bonchev–Trinajstić information content (AvgIpc) is 2.46. The fourth-order valence-electron chi connectivity index (χ4n) is 1.44. The second kappa shape index (κ2) is 2.92. The first-order valence-corrected chi connectivity index (χ1v) is 4.02. The van der Waals surface area contributed by atoms with Gasteiger partial charge in [0.05, 0.1) is 6.08 Å². The van der Waals surface area contributed by atoms with Crippen LogP contribution in [0.3, 0.4) is 0 Å². The molecule has 1 aromatic carbocycles. The first-order valence-electron chi connectivity index (χ1n) is 4.02. The second-order valence-corrected chi connectivity index (χ2v) is 2.83. The lowest BCUT2D eigenvalue weighted by atomic mass is 10.1. The molecule has 1 aromatic heterocycles. The maximum absolute atomic E-state index is 10.2. The Morgan fingerprint density at radius 3 is 2.69 bits per heavy atom. The summed E-state index contributed by atoms with van der Waals surface area (Å²) < 4.78 is 5.39. The van der Waals surface area contributed by atoms with Gasteiger partial charge in [-0.25, -0.2) is 4.79 Å². The zero-order chi connectivity index (χ0) is 9.26. The van der Waals surface area contributed by atoms with Crippen LogP contribution in [0.25, 0.3) is 16.8 Å². The first-order chi connectivity index (χ1) is 6.33. The van der Waals surface area contributed by atoms with Gasteiger partial charge in [-0.1, -0.05) is 24.3 Å². The second-order valence-electron chi connectivity index (χ2n) is 2.83. The van der Waals surface area contributed by atoms with Crippen molar-refractivity contribution in [3.63, 3.8) is 0 Å². The minimum Gasteiger partial charge on any atom is -0.460 e. The van der Waals surface area contributed by atoms with E-state index in [1.165, 1.54) is 6.08 Å². The van der Waals surface area contributed by atoms with Crippen LogP contribution in [0.4, 0.5) is 0 Å². The van der Waals surface area contributed by atoms with E-state index in [4.69, 9.17) is 4.42 Å². The Morgan fingerprint density at radius 1 is 1.31 bits per heavy atom. The molecule has 0 amide bonds. The molecule has 2 rings (SSSR count). The van der Waals surface area contributed by atoms with Gasteiger partial charge in [-0.2, -0.15) is 0 Å². The first kappa shape index (κ1) is 7.84. The highest BCUT2D eigenvalue weighted by Crippen LogP contribution is 2.25. The number of hydrogen-bond donors (Lipinski definition) is 0. The molecule has 0 bridgehead atoms. The number of benzene rings is 1. The Labute approximate surface area is 75.5 Å². The van der Waals surface area contributed by atoms with Crippen LogP contribution < -0.4 is 0 Å². The van der Waals surface area contributed by atoms with Crippen LogP contribution in [0.15, 0.2) is 28.7 Å². The van der Waals surface area contributed by atoms with E-state index in [0.717, 1.165) is 16.5 Å². The molecule has 0 aliphatic carbocycles. The Hall–Kier alpha value is -1.79. The van der Waals surface area contributed by atoms with Crippen molar-refractivity contribution in [2.75, 3.05) is 0 Å². The standard InChI is InChI=1S/C11H8O2/c1-8-9-4-2-3-5-10(9)11(13-8)6-7-12/h2-6H,1H3. The molecule has 13 heavy (non-hydrogen) atoms. The maximum Gasteiger partial charge on any atom is 0.145 e. The number of fused-ring (bicyclic) bond motifs is 1. The summed E-state index contributed by atoms with van der Waals surface area (Å²) in [6.07, 6.45) is 1.31. The van der Waals surface area contributed by atoms with Crippen LogP contribution in [0.1, 0.15) is 11.5 Å². The van der Waals surface area contributed by atoms with E-state index in [9.17, 15) is 4.79 Å². The van der Waals surface area contributed by atoms with Gasteiger partial charge in [-0.05, 0) is 6.92 Å². The van der Waals surface area contributed by atoms with Crippen molar-refractivity contribution in [3.8, 4) is 0 Å². The third-order valence-corrected chi connectivity index (χ3v) is 2.02. The molecule has 0 saturated carbocycles. The molecular weight excluding hydrogens is 164 g/mol. The fourth-order valence-corrected chi connectivity index (χ4v) is 1.44. The summed E-state index contributed by atoms with van der Waals surface area (Å²) in [6, 6.07) is 7.75. The van der Waals surface area contributed by atoms with E-state index >= 15 is 0 Å².